The summed E-state index contributed by atoms with van der Waals surface area (Å²) < 4.78 is 5.34. The van der Waals surface area contributed by atoms with Crippen molar-refractivity contribution in [1.82, 2.24) is 0 Å². The van der Waals surface area contributed by atoms with E-state index in [-0.39, 0.29) is 0 Å². The summed E-state index contributed by atoms with van der Waals surface area (Å²) in [6.45, 7) is 0. The lowest BCUT2D eigenvalue weighted by molar-refractivity contribution is 1.56. The Kier molecular flexibility index (Phi) is 7.98. The molecule has 0 saturated carbocycles. The third-order valence-corrected chi connectivity index (χ3v) is 13.4. The highest BCUT2D eigenvalue weighted by molar-refractivity contribution is 7.26. The van der Waals surface area contributed by atoms with Gasteiger partial charge in [0.2, 0.25) is 0 Å². The van der Waals surface area contributed by atoms with Gasteiger partial charge < -0.3 is 0 Å². The van der Waals surface area contributed by atoms with E-state index in [2.05, 4.69) is 206 Å². The molecule has 0 amide bonds. The third kappa shape index (κ3) is 5.92. The zero-order valence-corrected chi connectivity index (χ0v) is 32.1. The summed E-state index contributed by atoms with van der Waals surface area (Å²) in [5.41, 5.74) is 14.6. The van der Waals surface area contributed by atoms with Crippen molar-refractivity contribution in [3.63, 3.8) is 0 Å². The zero-order chi connectivity index (χ0) is 37.0. The fourth-order valence-electron chi connectivity index (χ4n) is 8.20. The highest BCUT2D eigenvalue weighted by Crippen LogP contribution is 2.39. The number of benzene rings is 9. The average molecular weight is 747 g/mol. The Hall–Kier alpha value is -6.58. The molecule has 262 valence electrons. The van der Waals surface area contributed by atoms with Gasteiger partial charge in [0.05, 0.1) is 0 Å². The summed E-state index contributed by atoms with van der Waals surface area (Å²) in [5, 5.41) is 5.32. The number of rotatable bonds is 6. The molecule has 2 heterocycles. The highest BCUT2D eigenvalue weighted by atomic mass is 32.1. The molecule has 0 aliphatic carbocycles. The van der Waals surface area contributed by atoms with Gasteiger partial charge in [-0.05, 0) is 133 Å². The second-order valence-corrected chi connectivity index (χ2v) is 16.7. The average Bonchev–Trinajstić information content (AvgIpc) is 3.84. The summed E-state index contributed by atoms with van der Waals surface area (Å²) in [7, 11) is 0. The van der Waals surface area contributed by atoms with E-state index in [0.29, 0.717) is 0 Å². The lowest BCUT2D eigenvalue weighted by atomic mass is 9.93. The molecule has 0 aliphatic heterocycles. The second-order valence-electron chi connectivity index (χ2n) is 14.5. The van der Waals surface area contributed by atoms with Gasteiger partial charge in [-0.25, -0.2) is 0 Å². The summed E-state index contributed by atoms with van der Waals surface area (Å²) in [6.07, 6.45) is 0. The Bertz CT molecular complexity index is 3050. The third-order valence-electron chi connectivity index (χ3n) is 11.1. The maximum absolute atomic E-state index is 2.35. The van der Waals surface area contributed by atoms with Crippen LogP contribution in [0.2, 0.25) is 0 Å². The van der Waals surface area contributed by atoms with Crippen LogP contribution in [0.3, 0.4) is 0 Å². The van der Waals surface area contributed by atoms with Gasteiger partial charge in [-0.15, -0.1) is 22.7 Å². The van der Waals surface area contributed by atoms with Crippen molar-refractivity contribution >= 4 is 63.0 Å². The van der Waals surface area contributed by atoms with E-state index in [1.165, 1.54) is 107 Å². The largest absolute Gasteiger partial charge is 0.135 e. The van der Waals surface area contributed by atoms with Crippen molar-refractivity contribution in [2.75, 3.05) is 0 Å². The molecule has 0 saturated heterocycles. The van der Waals surface area contributed by atoms with Crippen molar-refractivity contribution < 1.29 is 0 Å². The lowest BCUT2D eigenvalue weighted by Gasteiger charge is -2.11. The zero-order valence-electron chi connectivity index (χ0n) is 30.4. The predicted octanol–water partition coefficient (Wildman–Crippen LogP) is 16.4. The van der Waals surface area contributed by atoms with Crippen LogP contribution in [-0.4, -0.2) is 0 Å². The molecular weight excluding hydrogens is 713 g/mol. The first-order valence-corrected chi connectivity index (χ1v) is 20.7. The molecule has 11 rings (SSSR count). The van der Waals surface area contributed by atoms with Crippen LogP contribution in [0.1, 0.15) is 0 Å². The van der Waals surface area contributed by atoms with Gasteiger partial charge in [0.15, 0.2) is 0 Å². The summed E-state index contributed by atoms with van der Waals surface area (Å²) in [4.78, 5) is 0. The summed E-state index contributed by atoms with van der Waals surface area (Å²) >= 11 is 3.73. The highest BCUT2D eigenvalue weighted by Gasteiger charge is 2.11. The van der Waals surface area contributed by atoms with Gasteiger partial charge in [0, 0.05) is 40.3 Å². The summed E-state index contributed by atoms with van der Waals surface area (Å²) in [5.74, 6) is 0. The van der Waals surface area contributed by atoms with Crippen LogP contribution in [-0.2, 0) is 0 Å². The molecule has 11 aromatic rings. The van der Waals surface area contributed by atoms with Gasteiger partial charge in [-0.1, -0.05) is 140 Å². The molecule has 56 heavy (non-hydrogen) atoms. The fourth-order valence-corrected chi connectivity index (χ4v) is 10.4. The monoisotopic (exact) mass is 746 g/mol. The first-order valence-electron chi connectivity index (χ1n) is 19.1. The molecule has 0 unspecified atom stereocenters. The maximum Gasteiger partial charge on any atom is 0.0355 e. The van der Waals surface area contributed by atoms with Crippen LogP contribution < -0.4 is 0 Å². The minimum absolute atomic E-state index is 1.21. The van der Waals surface area contributed by atoms with Crippen LogP contribution in [0.25, 0.3) is 107 Å². The quantitative estimate of drug-likeness (QED) is 0.159. The van der Waals surface area contributed by atoms with Crippen molar-refractivity contribution in [2.45, 2.75) is 0 Å². The smallest absolute Gasteiger partial charge is 0.0355 e. The molecule has 2 aromatic heterocycles. The van der Waals surface area contributed by atoms with E-state index in [0.717, 1.165) is 0 Å². The van der Waals surface area contributed by atoms with Crippen molar-refractivity contribution in [3.8, 4) is 66.8 Å². The Labute approximate surface area is 334 Å². The number of hydrogen-bond acceptors (Lipinski definition) is 2. The van der Waals surface area contributed by atoms with Crippen LogP contribution in [0.15, 0.2) is 206 Å². The Morgan fingerprint density at radius 3 is 0.732 bits per heavy atom. The summed E-state index contributed by atoms with van der Waals surface area (Å²) in [6, 6.07) is 76.0. The van der Waals surface area contributed by atoms with Crippen molar-refractivity contribution in [2.24, 2.45) is 0 Å². The molecule has 0 N–H and O–H groups in total. The molecule has 0 radical (unpaired) electrons. The van der Waals surface area contributed by atoms with Gasteiger partial charge in [-0.3, -0.25) is 0 Å². The molecule has 2 heteroatoms. The Balaban J connectivity index is 0.886. The molecule has 0 fully saturated rings. The Morgan fingerprint density at radius 1 is 0.179 bits per heavy atom. The van der Waals surface area contributed by atoms with Crippen LogP contribution in [0.4, 0.5) is 0 Å². The first-order chi connectivity index (χ1) is 27.7. The molecule has 9 aromatic carbocycles. The van der Waals surface area contributed by atoms with Gasteiger partial charge in [0.25, 0.3) is 0 Å². The normalized spacial score (nSPS) is 11.6. The minimum atomic E-state index is 1.21. The number of thiophene rings is 2. The van der Waals surface area contributed by atoms with E-state index in [1.807, 2.05) is 22.7 Å². The number of fused-ring (bicyclic) bond motifs is 6. The van der Waals surface area contributed by atoms with Gasteiger partial charge in [-0.2, -0.15) is 0 Å². The topological polar surface area (TPSA) is 0 Å². The standard InChI is InChI=1S/C54H34S2/c1-3-22-51-47(20-1)49-33-45(24-26-53(49)55-51)43-18-8-16-41(31-43)39-14-6-12-37(29-39)35-10-5-11-36(28-35)38-13-7-15-40(30-38)42-17-9-19-44(32-42)46-25-27-54-50(34-46)48-21-2-4-23-52(48)56-54/h1-34H. The van der Waals surface area contributed by atoms with E-state index < -0.39 is 0 Å². The van der Waals surface area contributed by atoms with Crippen molar-refractivity contribution in [3.05, 3.63) is 206 Å². The Morgan fingerprint density at radius 2 is 0.429 bits per heavy atom. The van der Waals surface area contributed by atoms with Crippen LogP contribution in [0.5, 0.6) is 0 Å². The molecule has 0 atom stereocenters. The van der Waals surface area contributed by atoms with Gasteiger partial charge in [0.1, 0.15) is 0 Å². The lowest BCUT2D eigenvalue weighted by Crippen LogP contribution is -1.86. The SMILES string of the molecule is c1cc(-c2cccc(-c3cccc(-c4ccc5sc6ccccc6c5c4)c3)c2)cc(-c2cccc(-c3cccc(-c4ccc5sc6ccccc6c5c4)c3)c2)c1. The molecule has 0 aliphatic rings. The molecule has 0 spiro atoms. The van der Waals surface area contributed by atoms with E-state index in [1.54, 1.807) is 0 Å². The first kappa shape index (κ1) is 32.8. The van der Waals surface area contributed by atoms with E-state index >= 15 is 0 Å². The second kappa shape index (κ2) is 13.6. The van der Waals surface area contributed by atoms with Crippen LogP contribution >= 0.6 is 22.7 Å². The maximum atomic E-state index is 2.35. The van der Waals surface area contributed by atoms with Crippen LogP contribution in [0, 0.1) is 0 Å². The molecule has 0 bridgehead atoms. The molecule has 0 nitrogen and oxygen atoms in total. The van der Waals surface area contributed by atoms with E-state index in [9.17, 15) is 0 Å². The van der Waals surface area contributed by atoms with Gasteiger partial charge >= 0.3 is 0 Å². The van der Waals surface area contributed by atoms with Crippen molar-refractivity contribution in [1.29, 1.82) is 0 Å². The molecular formula is C54H34S2. The predicted molar refractivity (Wildman–Crippen MR) is 245 cm³/mol. The fraction of sp³-hybridized carbons (Fsp3) is 0. The number of hydrogen-bond donors (Lipinski definition) is 0. The minimum Gasteiger partial charge on any atom is -0.135 e. The van der Waals surface area contributed by atoms with E-state index in [4.69, 9.17) is 0 Å².